The number of pyridine rings is 1. The summed E-state index contributed by atoms with van der Waals surface area (Å²) in [6, 6.07) is 8.45. The number of aromatic hydroxyl groups is 1. The van der Waals surface area contributed by atoms with Crippen LogP contribution in [-0.2, 0) is 0 Å². The molecule has 0 fully saturated rings. The van der Waals surface area contributed by atoms with Crippen molar-refractivity contribution in [1.29, 1.82) is 0 Å². The molecule has 0 aliphatic carbocycles. The molecule has 0 unspecified atom stereocenters. The Hall–Kier alpha value is -2.73. The molecule has 0 atom stereocenters. The van der Waals surface area contributed by atoms with Crippen molar-refractivity contribution in [3.05, 3.63) is 59.0 Å². The van der Waals surface area contributed by atoms with Crippen LogP contribution in [0.3, 0.4) is 0 Å². The van der Waals surface area contributed by atoms with Crippen LogP contribution < -0.4 is 5.32 Å². The summed E-state index contributed by atoms with van der Waals surface area (Å²) in [7, 11) is 1.69. The number of nitrogens with one attached hydrogen (secondary N) is 1. The zero-order chi connectivity index (χ0) is 16.2. The molecule has 0 amide bonds. The Morgan fingerprint density at radius 3 is 2.74 bits per heavy atom. The topological polar surface area (TPSA) is 58.0 Å². The number of nitrogens with zero attached hydrogens (tertiary/aromatic N) is 2. The lowest BCUT2D eigenvalue weighted by molar-refractivity contribution is 0.476. The van der Waals surface area contributed by atoms with Gasteiger partial charge in [0, 0.05) is 12.6 Å². The number of allylic oxidation sites excluding steroid dienone is 2. The van der Waals surface area contributed by atoms with Gasteiger partial charge in [-0.25, -0.2) is 9.97 Å². The number of phenols is 1. The van der Waals surface area contributed by atoms with E-state index in [0.717, 1.165) is 15.2 Å². The first-order valence-corrected chi connectivity index (χ1v) is 7.76. The van der Waals surface area contributed by atoms with Crippen molar-refractivity contribution in [3.8, 4) is 5.75 Å². The SMILES string of the molecule is CNc1ccc(C=CC=Cc2nc3ccc(O)cc3s2)c(F)n1. The van der Waals surface area contributed by atoms with Crippen LogP contribution in [0.1, 0.15) is 10.6 Å². The van der Waals surface area contributed by atoms with Gasteiger partial charge in [-0.3, -0.25) is 0 Å². The quantitative estimate of drug-likeness (QED) is 0.554. The van der Waals surface area contributed by atoms with Crippen LogP contribution in [0.25, 0.3) is 22.4 Å². The van der Waals surface area contributed by atoms with E-state index >= 15 is 0 Å². The monoisotopic (exact) mass is 327 g/mol. The number of anilines is 1. The van der Waals surface area contributed by atoms with Gasteiger partial charge in [-0.15, -0.1) is 11.3 Å². The molecule has 4 nitrogen and oxygen atoms in total. The Labute approximate surface area is 136 Å². The van der Waals surface area contributed by atoms with Crippen LogP contribution in [0.15, 0.2) is 42.5 Å². The van der Waals surface area contributed by atoms with Gasteiger partial charge in [-0.1, -0.05) is 18.2 Å². The van der Waals surface area contributed by atoms with Crippen molar-refractivity contribution in [3.63, 3.8) is 0 Å². The van der Waals surface area contributed by atoms with Gasteiger partial charge in [0.1, 0.15) is 16.6 Å². The van der Waals surface area contributed by atoms with Gasteiger partial charge in [0.15, 0.2) is 0 Å². The normalized spacial score (nSPS) is 11.7. The lowest BCUT2D eigenvalue weighted by atomic mass is 10.2. The van der Waals surface area contributed by atoms with Gasteiger partial charge in [0.25, 0.3) is 0 Å². The van der Waals surface area contributed by atoms with Crippen LogP contribution in [0.2, 0.25) is 0 Å². The van der Waals surface area contributed by atoms with Gasteiger partial charge < -0.3 is 10.4 Å². The van der Waals surface area contributed by atoms with Crippen LogP contribution in [-0.4, -0.2) is 22.1 Å². The number of phenolic OH excluding ortho intramolecular Hbond substituents is 1. The summed E-state index contributed by atoms with van der Waals surface area (Å²) in [6.45, 7) is 0. The smallest absolute Gasteiger partial charge is 0.222 e. The molecule has 6 heteroatoms. The first-order chi connectivity index (χ1) is 11.2. The molecule has 0 aliphatic heterocycles. The number of hydrogen-bond donors (Lipinski definition) is 2. The van der Waals surface area contributed by atoms with Crippen LogP contribution in [0, 0.1) is 5.95 Å². The Balaban J connectivity index is 1.74. The third-order valence-corrected chi connectivity index (χ3v) is 4.13. The molecule has 0 saturated carbocycles. The number of fused-ring (bicyclic) bond motifs is 1. The highest BCUT2D eigenvalue weighted by molar-refractivity contribution is 7.19. The molecule has 1 aromatic carbocycles. The number of thiazole rings is 1. The van der Waals surface area contributed by atoms with Gasteiger partial charge in [0.05, 0.1) is 10.2 Å². The van der Waals surface area contributed by atoms with E-state index in [1.807, 2.05) is 6.08 Å². The predicted molar refractivity (Wildman–Crippen MR) is 93.1 cm³/mol. The molecule has 2 N–H and O–H groups in total. The third-order valence-electron chi connectivity index (χ3n) is 3.15. The van der Waals surface area contributed by atoms with E-state index in [9.17, 15) is 9.50 Å². The number of halogens is 1. The Bertz CT molecular complexity index is 902. The highest BCUT2D eigenvalue weighted by Crippen LogP contribution is 2.26. The highest BCUT2D eigenvalue weighted by Gasteiger charge is 2.02. The summed E-state index contributed by atoms with van der Waals surface area (Å²) < 4.78 is 14.6. The lowest BCUT2D eigenvalue weighted by Crippen LogP contribution is -1.95. The van der Waals surface area contributed by atoms with Gasteiger partial charge >= 0.3 is 0 Å². The maximum absolute atomic E-state index is 13.7. The molecule has 23 heavy (non-hydrogen) atoms. The number of aromatic nitrogens is 2. The standard InChI is InChI=1S/C17H14FN3OS/c1-19-15-9-6-11(17(18)21-15)4-2-3-5-16-20-13-8-7-12(22)10-14(13)23-16/h2-10,22H,1H3,(H,19,21). The van der Waals surface area contributed by atoms with Crippen molar-refractivity contribution in [1.82, 2.24) is 9.97 Å². The summed E-state index contributed by atoms with van der Waals surface area (Å²) in [5.41, 5.74) is 1.26. The molecule has 0 aliphatic rings. The Morgan fingerprint density at radius 2 is 1.96 bits per heavy atom. The highest BCUT2D eigenvalue weighted by atomic mass is 32.1. The second-order valence-electron chi connectivity index (χ2n) is 4.75. The predicted octanol–water partition coefficient (Wildman–Crippen LogP) is 4.30. The van der Waals surface area contributed by atoms with E-state index in [1.165, 1.54) is 11.3 Å². The molecule has 2 heterocycles. The van der Waals surface area contributed by atoms with Gasteiger partial charge in [-0.05, 0) is 36.4 Å². The molecule has 116 valence electrons. The molecule has 0 radical (unpaired) electrons. The number of benzene rings is 1. The van der Waals surface area contributed by atoms with Crippen molar-refractivity contribution >= 4 is 39.5 Å². The lowest BCUT2D eigenvalue weighted by Gasteiger charge is -2.00. The molecular weight excluding hydrogens is 313 g/mol. The first-order valence-electron chi connectivity index (χ1n) is 6.94. The van der Waals surface area contributed by atoms with Crippen LogP contribution >= 0.6 is 11.3 Å². The Morgan fingerprint density at radius 1 is 1.13 bits per heavy atom. The van der Waals surface area contributed by atoms with Crippen LogP contribution in [0.4, 0.5) is 10.2 Å². The summed E-state index contributed by atoms with van der Waals surface area (Å²) in [6.07, 6.45) is 7.02. The number of hydrogen-bond acceptors (Lipinski definition) is 5. The van der Waals surface area contributed by atoms with E-state index in [-0.39, 0.29) is 5.75 Å². The van der Waals surface area contributed by atoms with Gasteiger partial charge in [-0.2, -0.15) is 4.39 Å². The van der Waals surface area contributed by atoms with E-state index in [4.69, 9.17) is 0 Å². The minimum Gasteiger partial charge on any atom is -0.508 e. The second kappa shape index (κ2) is 6.58. The first kappa shape index (κ1) is 15.2. The van der Waals surface area contributed by atoms with E-state index in [0.29, 0.717) is 11.4 Å². The van der Waals surface area contributed by atoms with E-state index in [1.54, 1.807) is 55.6 Å². The fourth-order valence-electron chi connectivity index (χ4n) is 2.01. The average molecular weight is 327 g/mol. The van der Waals surface area contributed by atoms with E-state index in [2.05, 4.69) is 15.3 Å². The van der Waals surface area contributed by atoms with Crippen LogP contribution in [0.5, 0.6) is 5.75 Å². The fourth-order valence-corrected chi connectivity index (χ4v) is 2.92. The van der Waals surface area contributed by atoms with Crippen molar-refractivity contribution in [2.24, 2.45) is 0 Å². The average Bonchev–Trinajstić information content (AvgIpc) is 2.94. The molecule has 3 rings (SSSR count). The Kier molecular flexibility index (Phi) is 4.34. The summed E-state index contributed by atoms with van der Waals surface area (Å²) in [5, 5.41) is 13.1. The maximum Gasteiger partial charge on any atom is 0.222 e. The molecular formula is C17H14FN3OS. The fraction of sp³-hybridized carbons (Fsp3) is 0.0588. The molecule has 0 saturated heterocycles. The third kappa shape index (κ3) is 3.54. The maximum atomic E-state index is 13.7. The minimum atomic E-state index is -0.517. The molecule has 2 aromatic heterocycles. The van der Waals surface area contributed by atoms with Gasteiger partial charge in [0.2, 0.25) is 5.95 Å². The van der Waals surface area contributed by atoms with Crippen molar-refractivity contribution in [2.75, 3.05) is 12.4 Å². The molecule has 0 bridgehead atoms. The second-order valence-corrected chi connectivity index (χ2v) is 5.81. The minimum absolute atomic E-state index is 0.226. The van der Waals surface area contributed by atoms with Crippen molar-refractivity contribution in [2.45, 2.75) is 0 Å². The summed E-state index contributed by atoms with van der Waals surface area (Å²) >= 11 is 1.48. The summed E-state index contributed by atoms with van der Waals surface area (Å²) in [4.78, 5) is 8.21. The molecule has 0 spiro atoms. The molecule has 3 aromatic rings. The zero-order valence-corrected chi connectivity index (χ0v) is 13.1. The summed E-state index contributed by atoms with van der Waals surface area (Å²) in [5.74, 6) is 0.203. The van der Waals surface area contributed by atoms with Crippen molar-refractivity contribution < 1.29 is 9.50 Å². The zero-order valence-electron chi connectivity index (χ0n) is 12.3. The largest absolute Gasteiger partial charge is 0.508 e. The van der Waals surface area contributed by atoms with E-state index < -0.39 is 5.95 Å². The number of rotatable bonds is 4.